The molecule has 0 aliphatic heterocycles. The van der Waals surface area contributed by atoms with E-state index in [2.05, 4.69) is 10.1 Å². The van der Waals surface area contributed by atoms with Crippen LogP contribution in [0.15, 0.2) is 53.3 Å². The number of hydrogen-bond donors (Lipinski definition) is 0. The largest absolute Gasteiger partial charge is 0.369 e. The lowest BCUT2D eigenvalue weighted by atomic mass is 10.2. The molecule has 3 aromatic rings. The molecule has 0 atom stereocenters. The minimum Gasteiger partial charge on any atom is -0.244 e. The van der Waals surface area contributed by atoms with Crippen molar-refractivity contribution in [1.82, 2.24) is 14.8 Å². The van der Waals surface area contributed by atoms with Crippen LogP contribution in [0.25, 0.3) is 16.7 Å². The van der Waals surface area contributed by atoms with E-state index in [9.17, 15) is 4.79 Å². The summed E-state index contributed by atoms with van der Waals surface area (Å²) in [5.41, 5.74) is 2.82. The minimum absolute atomic E-state index is 0.363. The second-order valence-corrected chi connectivity index (χ2v) is 4.13. The first-order valence-corrected chi connectivity index (χ1v) is 5.67. The van der Waals surface area contributed by atoms with Gasteiger partial charge in [0.1, 0.15) is 5.52 Å². The summed E-state index contributed by atoms with van der Waals surface area (Å²) in [6.45, 7) is 2.00. The quantitative estimate of drug-likeness (QED) is 0.651. The van der Waals surface area contributed by atoms with Crippen molar-refractivity contribution in [3.8, 4) is 5.69 Å². The zero-order valence-electron chi connectivity index (χ0n) is 9.87. The van der Waals surface area contributed by atoms with Crippen molar-refractivity contribution in [2.75, 3.05) is 0 Å². The highest BCUT2D eigenvalue weighted by molar-refractivity contribution is 5.72. The molecule has 3 rings (SSSR count). The molecule has 0 radical (unpaired) electrons. The number of nitrogens with zero attached hydrogens (tertiary/aromatic N) is 3. The number of aromatic nitrogens is 3. The maximum Gasteiger partial charge on any atom is 0.369 e. The summed E-state index contributed by atoms with van der Waals surface area (Å²) in [5, 5.41) is 4.32. The maximum atomic E-state index is 11.9. The third kappa shape index (κ3) is 1.78. The highest BCUT2D eigenvalue weighted by atomic mass is 16.1. The second-order valence-electron chi connectivity index (χ2n) is 4.13. The SMILES string of the molecule is Cc1ccc(-n2nc3ccccc3nc2=O)cc1. The van der Waals surface area contributed by atoms with Gasteiger partial charge in [0.05, 0.1) is 11.2 Å². The smallest absolute Gasteiger partial charge is 0.244 e. The standard InChI is InChI=1S/C14H11N3O/c1-10-6-8-11(9-7-10)17-14(18)15-12-4-2-3-5-13(12)16-17/h2-9H,1H3. The first-order valence-electron chi connectivity index (χ1n) is 5.67. The van der Waals surface area contributed by atoms with Crippen molar-refractivity contribution >= 4 is 11.0 Å². The fourth-order valence-electron chi connectivity index (χ4n) is 1.80. The molecule has 0 bridgehead atoms. The summed E-state index contributed by atoms with van der Waals surface area (Å²) < 4.78 is 1.32. The highest BCUT2D eigenvalue weighted by Crippen LogP contribution is 2.09. The zero-order valence-corrected chi connectivity index (χ0v) is 9.87. The molecule has 0 N–H and O–H groups in total. The Hall–Kier alpha value is -2.49. The van der Waals surface area contributed by atoms with Crippen molar-refractivity contribution in [2.45, 2.75) is 6.92 Å². The third-order valence-electron chi connectivity index (χ3n) is 2.77. The Balaban J connectivity index is 2.26. The van der Waals surface area contributed by atoms with Crippen LogP contribution in [-0.2, 0) is 0 Å². The lowest BCUT2D eigenvalue weighted by Crippen LogP contribution is -2.23. The molecule has 0 spiro atoms. The van der Waals surface area contributed by atoms with E-state index in [1.54, 1.807) is 6.07 Å². The van der Waals surface area contributed by atoms with Crippen LogP contribution >= 0.6 is 0 Å². The van der Waals surface area contributed by atoms with E-state index >= 15 is 0 Å². The molecular formula is C14H11N3O. The van der Waals surface area contributed by atoms with E-state index in [-0.39, 0.29) is 5.69 Å². The number of aryl methyl sites for hydroxylation is 1. The maximum absolute atomic E-state index is 11.9. The molecule has 0 saturated heterocycles. The van der Waals surface area contributed by atoms with Crippen LogP contribution in [0, 0.1) is 6.92 Å². The molecule has 18 heavy (non-hydrogen) atoms. The third-order valence-corrected chi connectivity index (χ3v) is 2.77. The normalized spacial score (nSPS) is 10.7. The summed E-state index contributed by atoms with van der Waals surface area (Å²) in [6, 6.07) is 14.9. The number of hydrogen-bond acceptors (Lipinski definition) is 3. The van der Waals surface area contributed by atoms with E-state index < -0.39 is 0 Å². The lowest BCUT2D eigenvalue weighted by molar-refractivity contribution is 0.792. The van der Waals surface area contributed by atoms with Gasteiger partial charge in [0.25, 0.3) is 0 Å². The molecule has 0 fully saturated rings. The van der Waals surface area contributed by atoms with E-state index in [4.69, 9.17) is 0 Å². The van der Waals surface area contributed by atoms with Gasteiger partial charge in [-0.3, -0.25) is 0 Å². The topological polar surface area (TPSA) is 47.8 Å². The molecule has 0 aliphatic carbocycles. The zero-order chi connectivity index (χ0) is 12.5. The van der Waals surface area contributed by atoms with Gasteiger partial charge in [-0.05, 0) is 31.2 Å². The number of fused-ring (bicyclic) bond motifs is 1. The molecule has 1 aromatic heterocycles. The molecule has 4 nitrogen and oxygen atoms in total. The summed E-state index contributed by atoms with van der Waals surface area (Å²) in [6.07, 6.45) is 0. The Morgan fingerprint density at radius 1 is 0.944 bits per heavy atom. The van der Waals surface area contributed by atoms with Crippen LogP contribution in [-0.4, -0.2) is 14.8 Å². The number of benzene rings is 2. The summed E-state index contributed by atoms with van der Waals surface area (Å²) in [5.74, 6) is 0. The Morgan fingerprint density at radius 2 is 1.61 bits per heavy atom. The highest BCUT2D eigenvalue weighted by Gasteiger charge is 2.04. The van der Waals surface area contributed by atoms with E-state index in [0.29, 0.717) is 11.0 Å². The van der Waals surface area contributed by atoms with Crippen LogP contribution in [0.2, 0.25) is 0 Å². The Morgan fingerprint density at radius 3 is 2.33 bits per heavy atom. The van der Waals surface area contributed by atoms with Gasteiger partial charge < -0.3 is 0 Å². The monoisotopic (exact) mass is 237 g/mol. The average Bonchev–Trinajstić information content (AvgIpc) is 2.39. The van der Waals surface area contributed by atoms with Crippen LogP contribution in [0.3, 0.4) is 0 Å². The number of rotatable bonds is 1. The molecule has 0 unspecified atom stereocenters. The van der Waals surface area contributed by atoms with Crippen LogP contribution in [0.4, 0.5) is 0 Å². The van der Waals surface area contributed by atoms with Gasteiger partial charge in [-0.2, -0.15) is 14.8 Å². The molecule has 0 amide bonds. The van der Waals surface area contributed by atoms with Crippen molar-refractivity contribution in [3.63, 3.8) is 0 Å². The summed E-state index contributed by atoms with van der Waals surface area (Å²) in [4.78, 5) is 15.9. The van der Waals surface area contributed by atoms with Gasteiger partial charge >= 0.3 is 5.69 Å². The second kappa shape index (κ2) is 4.07. The molecule has 1 heterocycles. The van der Waals surface area contributed by atoms with E-state index in [1.807, 2.05) is 49.4 Å². The van der Waals surface area contributed by atoms with Crippen LogP contribution < -0.4 is 5.69 Å². The Kier molecular flexibility index (Phi) is 2.41. The van der Waals surface area contributed by atoms with Crippen molar-refractivity contribution in [3.05, 3.63) is 64.6 Å². The van der Waals surface area contributed by atoms with Crippen molar-refractivity contribution < 1.29 is 0 Å². The van der Waals surface area contributed by atoms with Gasteiger partial charge in [0.2, 0.25) is 0 Å². The predicted molar refractivity (Wildman–Crippen MR) is 69.9 cm³/mol. The fourth-order valence-corrected chi connectivity index (χ4v) is 1.80. The first kappa shape index (κ1) is 10.7. The Bertz CT molecular complexity index is 760. The van der Waals surface area contributed by atoms with Gasteiger partial charge in [-0.1, -0.05) is 29.8 Å². The minimum atomic E-state index is -0.363. The van der Waals surface area contributed by atoms with E-state index in [0.717, 1.165) is 11.3 Å². The molecule has 2 aromatic carbocycles. The van der Waals surface area contributed by atoms with Gasteiger partial charge in [0.15, 0.2) is 0 Å². The van der Waals surface area contributed by atoms with Crippen LogP contribution in [0.5, 0.6) is 0 Å². The fraction of sp³-hybridized carbons (Fsp3) is 0.0714. The first-order chi connectivity index (χ1) is 8.74. The molecule has 4 heteroatoms. The molecule has 88 valence electrons. The Labute approximate surface area is 104 Å². The van der Waals surface area contributed by atoms with E-state index in [1.165, 1.54) is 4.68 Å². The molecular weight excluding hydrogens is 226 g/mol. The molecule has 0 aliphatic rings. The lowest BCUT2D eigenvalue weighted by Gasteiger charge is -2.05. The van der Waals surface area contributed by atoms with Gasteiger partial charge in [0, 0.05) is 0 Å². The average molecular weight is 237 g/mol. The van der Waals surface area contributed by atoms with Gasteiger partial charge in [-0.15, -0.1) is 0 Å². The number of para-hydroxylation sites is 1. The van der Waals surface area contributed by atoms with Crippen molar-refractivity contribution in [2.24, 2.45) is 0 Å². The van der Waals surface area contributed by atoms with Crippen molar-refractivity contribution in [1.29, 1.82) is 0 Å². The summed E-state index contributed by atoms with van der Waals surface area (Å²) >= 11 is 0. The predicted octanol–water partition coefficient (Wildman–Crippen LogP) is 2.09. The van der Waals surface area contributed by atoms with Crippen LogP contribution in [0.1, 0.15) is 5.56 Å². The molecule has 0 saturated carbocycles. The van der Waals surface area contributed by atoms with Gasteiger partial charge in [-0.25, -0.2) is 4.79 Å². The summed E-state index contributed by atoms with van der Waals surface area (Å²) in [7, 11) is 0.